The van der Waals surface area contributed by atoms with Crippen LogP contribution in [0.1, 0.15) is 11.4 Å². The van der Waals surface area contributed by atoms with Crippen LogP contribution in [0.25, 0.3) is 10.9 Å². The van der Waals surface area contributed by atoms with Crippen LogP contribution in [0.5, 0.6) is 0 Å². The predicted octanol–water partition coefficient (Wildman–Crippen LogP) is 1.63. The molecule has 0 unspecified atom stereocenters. The van der Waals surface area contributed by atoms with Crippen molar-refractivity contribution in [2.45, 2.75) is 13.0 Å². The fraction of sp³-hybridized carbons (Fsp3) is 0.286. The summed E-state index contributed by atoms with van der Waals surface area (Å²) in [4.78, 5) is 3.29. The Labute approximate surface area is 111 Å². The van der Waals surface area contributed by atoms with Gasteiger partial charge in [-0.3, -0.25) is 0 Å². The molecule has 0 fully saturated rings. The van der Waals surface area contributed by atoms with Crippen molar-refractivity contribution >= 4 is 10.9 Å². The lowest BCUT2D eigenvalue weighted by Crippen LogP contribution is -2.18. The molecule has 2 aromatic heterocycles. The molecule has 98 valence electrons. The lowest BCUT2D eigenvalue weighted by molar-refractivity contribution is 0.655. The minimum atomic E-state index is 0.857. The first-order valence-corrected chi connectivity index (χ1v) is 6.43. The van der Waals surface area contributed by atoms with Crippen molar-refractivity contribution in [3.05, 3.63) is 48.2 Å². The number of fused-ring (bicyclic) bond motifs is 1. The summed E-state index contributed by atoms with van der Waals surface area (Å²) < 4.78 is 1.95. The Morgan fingerprint density at radius 3 is 3.11 bits per heavy atom. The SMILES string of the molecule is Cn1cnnc1CCNCc1cccc2cc[nH]c12. The number of hydrogen-bond acceptors (Lipinski definition) is 3. The number of nitrogens with zero attached hydrogens (tertiary/aromatic N) is 3. The van der Waals surface area contributed by atoms with Gasteiger partial charge < -0.3 is 14.9 Å². The van der Waals surface area contributed by atoms with Gasteiger partial charge in [0.2, 0.25) is 0 Å². The first-order chi connectivity index (χ1) is 9.34. The Bertz CT molecular complexity index is 667. The van der Waals surface area contributed by atoms with Crippen molar-refractivity contribution < 1.29 is 0 Å². The number of rotatable bonds is 5. The van der Waals surface area contributed by atoms with Gasteiger partial charge in [-0.15, -0.1) is 10.2 Å². The highest BCUT2D eigenvalue weighted by atomic mass is 15.2. The van der Waals surface area contributed by atoms with Crippen LogP contribution < -0.4 is 5.32 Å². The van der Waals surface area contributed by atoms with Gasteiger partial charge in [-0.1, -0.05) is 18.2 Å². The van der Waals surface area contributed by atoms with Gasteiger partial charge in [-0.2, -0.15) is 0 Å². The first kappa shape index (κ1) is 11.9. The van der Waals surface area contributed by atoms with Crippen LogP contribution in [0.15, 0.2) is 36.8 Å². The summed E-state index contributed by atoms with van der Waals surface area (Å²) in [5, 5.41) is 12.6. The molecule has 1 aromatic carbocycles. The van der Waals surface area contributed by atoms with Gasteiger partial charge in [0, 0.05) is 38.3 Å². The first-order valence-electron chi connectivity index (χ1n) is 6.43. The van der Waals surface area contributed by atoms with Gasteiger partial charge in [0.05, 0.1) is 0 Å². The zero-order chi connectivity index (χ0) is 13.1. The van der Waals surface area contributed by atoms with Crippen molar-refractivity contribution in [2.24, 2.45) is 7.05 Å². The summed E-state index contributed by atoms with van der Waals surface area (Å²) in [6, 6.07) is 8.46. The van der Waals surface area contributed by atoms with E-state index >= 15 is 0 Å². The van der Waals surface area contributed by atoms with Crippen LogP contribution in [-0.2, 0) is 20.0 Å². The molecule has 0 aliphatic heterocycles. The van der Waals surface area contributed by atoms with E-state index in [1.54, 1.807) is 6.33 Å². The molecule has 0 amide bonds. The second kappa shape index (κ2) is 5.24. The molecule has 0 atom stereocenters. The van der Waals surface area contributed by atoms with Crippen LogP contribution in [-0.4, -0.2) is 26.3 Å². The summed E-state index contributed by atoms with van der Waals surface area (Å²) in [5.41, 5.74) is 2.51. The van der Waals surface area contributed by atoms with E-state index in [0.717, 1.165) is 25.3 Å². The Kier molecular flexibility index (Phi) is 3.29. The molecule has 2 heterocycles. The highest BCUT2D eigenvalue weighted by Crippen LogP contribution is 2.16. The number of H-pyrrole nitrogens is 1. The average Bonchev–Trinajstić information content (AvgIpc) is 3.04. The summed E-state index contributed by atoms with van der Waals surface area (Å²) in [6.45, 7) is 1.75. The van der Waals surface area contributed by atoms with Crippen molar-refractivity contribution in [1.29, 1.82) is 0 Å². The molecule has 5 nitrogen and oxygen atoms in total. The standard InChI is InChI=1S/C14H17N5/c1-19-10-17-18-13(19)6-7-15-9-12-4-2-3-11-5-8-16-14(11)12/h2-5,8,10,15-16H,6-7,9H2,1H3. The van der Waals surface area contributed by atoms with E-state index in [9.17, 15) is 0 Å². The number of para-hydroxylation sites is 1. The number of benzene rings is 1. The van der Waals surface area contributed by atoms with E-state index in [0.29, 0.717) is 0 Å². The van der Waals surface area contributed by atoms with Crippen LogP contribution in [0.4, 0.5) is 0 Å². The molecule has 3 rings (SSSR count). The normalized spacial score (nSPS) is 11.2. The monoisotopic (exact) mass is 255 g/mol. The van der Waals surface area contributed by atoms with E-state index in [2.05, 4.69) is 44.8 Å². The average molecular weight is 255 g/mol. The van der Waals surface area contributed by atoms with E-state index in [1.807, 2.05) is 17.8 Å². The third-order valence-electron chi connectivity index (χ3n) is 3.32. The van der Waals surface area contributed by atoms with Gasteiger partial charge in [-0.25, -0.2) is 0 Å². The fourth-order valence-corrected chi connectivity index (χ4v) is 2.25. The number of nitrogens with one attached hydrogen (secondary N) is 2. The summed E-state index contributed by atoms with van der Waals surface area (Å²) in [7, 11) is 1.97. The predicted molar refractivity (Wildman–Crippen MR) is 74.7 cm³/mol. The minimum absolute atomic E-state index is 0.857. The maximum absolute atomic E-state index is 4.07. The smallest absolute Gasteiger partial charge is 0.133 e. The third-order valence-corrected chi connectivity index (χ3v) is 3.32. The van der Waals surface area contributed by atoms with Crippen molar-refractivity contribution in [3.8, 4) is 0 Å². The van der Waals surface area contributed by atoms with Crippen LogP contribution in [0.3, 0.4) is 0 Å². The Morgan fingerprint density at radius 1 is 1.32 bits per heavy atom. The van der Waals surface area contributed by atoms with Gasteiger partial charge in [0.25, 0.3) is 0 Å². The lowest BCUT2D eigenvalue weighted by atomic mass is 10.1. The van der Waals surface area contributed by atoms with Gasteiger partial charge in [0.15, 0.2) is 0 Å². The molecule has 0 aliphatic carbocycles. The van der Waals surface area contributed by atoms with Crippen molar-refractivity contribution in [1.82, 2.24) is 25.1 Å². The van der Waals surface area contributed by atoms with Gasteiger partial charge in [0.1, 0.15) is 12.2 Å². The molecular weight excluding hydrogens is 238 g/mol. The molecule has 2 N–H and O–H groups in total. The van der Waals surface area contributed by atoms with E-state index in [1.165, 1.54) is 16.5 Å². The Morgan fingerprint density at radius 2 is 2.26 bits per heavy atom. The number of hydrogen-bond donors (Lipinski definition) is 2. The zero-order valence-electron chi connectivity index (χ0n) is 10.9. The zero-order valence-corrected chi connectivity index (χ0v) is 10.9. The van der Waals surface area contributed by atoms with E-state index in [4.69, 9.17) is 0 Å². The van der Waals surface area contributed by atoms with Crippen molar-refractivity contribution in [3.63, 3.8) is 0 Å². The van der Waals surface area contributed by atoms with Gasteiger partial charge >= 0.3 is 0 Å². The fourth-order valence-electron chi connectivity index (χ4n) is 2.25. The molecule has 0 spiro atoms. The molecule has 0 aliphatic rings. The summed E-state index contributed by atoms with van der Waals surface area (Å²) >= 11 is 0. The summed E-state index contributed by atoms with van der Waals surface area (Å²) in [5.74, 6) is 1.01. The van der Waals surface area contributed by atoms with Crippen LogP contribution in [0.2, 0.25) is 0 Å². The topological polar surface area (TPSA) is 58.5 Å². The van der Waals surface area contributed by atoms with Crippen molar-refractivity contribution in [2.75, 3.05) is 6.54 Å². The third kappa shape index (κ3) is 2.51. The number of aromatic nitrogens is 4. The molecule has 0 radical (unpaired) electrons. The van der Waals surface area contributed by atoms with E-state index < -0.39 is 0 Å². The largest absolute Gasteiger partial charge is 0.361 e. The molecule has 0 bridgehead atoms. The minimum Gasteiger partial charge on any atom is -0.361 e. The highest BCUT2D eigenvalue weighted by molar-refractivity contribution is 5.82. The molecule has 5 heteroatoms. The number of aryl methyl sites for hydroxylation is 1. The number of aromatic amines is 1. The van der Waals surface area contributed by atoms with Gasteiger partial charge in [-0.05, 0) is 17.0 Å². The highest BCUT2D eigenvalue weighted by Gasteiger charge is 2.02. The summed E-state index contributed by atoms with van der Waals surface area (Å²) in [6.07, 6.45) is 4.60. The Balaban J connectivity index is 1.58. The molecule has 3 aromatic rings. The molecule has 0 saturated heterocycles. The molecule has 19 heavy (non-hydrogen) atoms. The molecule has 0 saturated carbocycles. The molecular formula is C14H17N5. The van der Waals surface area contributed by atoms with E-state index in [-0.39, 0.29) is 0 Å². The van der Waals surface area contributed by atoms with Crippen LogP contribution >= 0.6 is 0 Å². The maximum atomic E-state index is 4.07. The second-order valence-corrected chi connectivity index (χ2v) is 4.64. The van der Waals surface area contributed by atoms with Crippen LogP contribution in [0, 0.1) is 0 Å². The quantitative estimate of drug-likeness (QED) is 0.681. The lowest BCUT2D eigenvalue weighted by Gasteiger charge is -2.06. The second-order valence-electron chi connectivity index (χ2n) is 4.64. The Hall–Kier alpha value is -2.14. The maximum Gasteiger partial charge on any atom is 0.133 e.